The van der Waals surface area contributed by atoms with Crippen molar-refractivity contribution in [3.8, 4) is 16.9 Å². The average Bonchev–Trinajstić information content (AvgIpc) is 3.75. The molecule has 5 rings (SSSR count). The predicted octanol–water partition coefficient (Wildman–Crippen LogP) is 5.97. The fourth-order valence-corrected chi connectivity index (χ4v) is 6.48. The summed E-state index contributed by atoms with van der Waals surface area (Å²) >= 11 is 0. The van der Waals surface area contributed by atoms with Crippen LogP contribution in [0.15, 0.2) is 53.7 Å². The molecule has 3 aromatic carbocycles. The third-order valence-electron chi connectivity index (χ3n) is 9.38. The van der Waals surface area contributed by atoms with E-state index in [1.165, 1.54) is 21.3 Å². The summed E-state index contributed by atoms with van der Waals surface area (Å²) in [4.78, 5) is 63.6. The number of nitrogens with zero attached hydrogens (tertiary/aromatic N) is 4. The van der Waals surface area contributed by atoms with E-state index in [0.717, 1.165) is 89.1 Å². The highest BCUT2D eigenvalue weighted by atomic mass is 16.5. The van der Waals surface area contributed by atoms with Gasteiger partial charge in [0.15, 0.2) is 0 Å². The first kappa shape index (κ1) is 55.8. The first-order chi connectivity index (χ1) is 30.9. The number of fused-ring (bicyclic) bond motifs is 6. The number of H-pyrrole nitrogens is 1. The molecule has 0 saturated heterocycles. The lowest BCUT2D eigenvalue weighted by Gasteiger charge is -2.25. The minimum atomic E-state index is -0.673. The van der Waals surface area contributed by atoms with Crippen LogP contribution in [0.4, 0.5) is 9.59 Å². The molecule has 0 fully saturated rings. The van der Waals surface area contributed by atoms with Crippen molar-refractivity contribution >= 4 is 57.7 Å². The largest absolute Gasteiger partial charge is 0.488 e. The van der Waals surface area contributed by atoms with Gasteiger partial charge in [-0.1, -0.05) is 45.9 Å². The molecule has 354 valence electrons. The fraction of sp³-hybridized carbons (Fsp3) is 0.478. The van der Waals surface area contributed by atoms with Crippen LogP contribution in [0.3, 0.4) is 0 Å². The summed E-state index contributed by atoms with van der Waals surface area (Å²) in [5.41, 5.74) is 12.6. The van der Waals surface area contributed by atoms with Crippen LogP contribution in [-0.2, 0) is 37.0 Å². The number of nitrogens with one attached hydrogen (secondary N) is 3. The van der Waals surface area contributed by atoms with Crippen molar-refractivity contribution in [2.45, 2.75) is 79.0 Å². The van der Waals surface area contributed by atoms with Crippen LogP contribution in [0.2, 0.25) is 0 Å². The molecule has 0 radical (unpaired) electrons. The number of ether oxygens (including phenoxy) is 4. The van der Waals surface area contributed by atoms with Crippen molar-refractivity contribution in [1.29, 1.82) is 0 Å². The summed E-state index contributed by atoms with van der Waals surface area (Å²) in [6, 6.07) is 13.7. The number of hydrogen-bond donors (Lipinski definition) is 6. The number of rotatable bonds is 15. The van der Waals surface area contributed by atoms with Crippen LogP contribution in [0.5, 0.6) is 5.75 Å². The Labute approximate surface area is 377 Å². The zero-order valence-electron chi connectivity index (χ0n) is 39.4. The van der Waals surface area contributed by atoms with Gasteiger partial charge < -0.3 is 60.3 Å². The van der Waals surface area contributed by atoms with Gasteiger partial charge in [-0.2, -0.15) is 0 Å². The number of amides is 4. The molecule has 1 aromatic heterocycles. The Morgan fingerprint density at radius 1 is 0.906 bits per heavy atom. The van der Waals surface area contributed by atoms with Crippen molar-refractivity contribution in [3.63, 3.8) is 0 Å². The third-order valence-corrected chi connectivity index (χ3v) is 9.38. The molecule has 7 N–H and O–H groups in total. The van der Waals surface area contributed by atoms with Gasteiger partial charge in [-0.05, 0) is 72.0 Å². The van der Waals surface area contributed by atoms with Crippen molar-refractivity contribution < 1.29 is 48.3 Å². The molecule has 64 heavy (non-hydrogen) atoms. The Hall–Kier alpha value is -6.24. The second-order valence-corrected chi connectivity index (χ2v) is 13.9. The number of aliphatic imine (C=N–C) groups is 1. The van der Waals surface area contributed by atoms with Gasteiger partial charge in [-0.3, -0.25) is 14.6 Å². The normalized spacial score (nSPS) is 11.5. The maximum Gasteiger partial charge on any atom is 0.407 e. The minimum Gasteiger partial charge on any atom is -0.488 e. The third kappa shape index (κ3) is 16.5. The Kier molecular flexibility index (Phi) is 26.8. The van der Waals surface area contributed by atoms with E-state index >= 15 is 0 Å². The van der Waals surface area contributed by atoms with Gasteiger partial charge in [-0.15, -0.1) is 0 Å². The summed E-state index contributed by atoms with van der Waals surface area (Å²) in [6.45, 7) is 10.3. The highest BCUT2D eigenvalue weighted by molar-refractivity contribution is 6.07. The van der Waals surface area contributed by atoms with Gasteiger partial charge in [-0.25, -0.2) is 14.6 Å². The van der Waals surface area contributed by atoms with Crippen molar-refractivity contribution in [3.05, 3.63) is 65.6 Å². The molecule has 0 aliphatic carbocycles. The van der Waals surface area contributed by atoms with Gasteiger partial charge in [0.05, 0.1) is 50.2 Å². The van der Waals surface area contributed by atoms with E-state index < -0.39 is 18.2 Å². The molecule has 2 heterocycles. The number of carbonyl (C=O) groups excluding carboxylic acids is 4. The number of aliphatic hydroxyl groups excluding tert-OH is 2. The van der Waals surface area contributed by atoms with Crippen LogP contribution in [0.25, 0.3) is 38.6 Å². The Balaban J connectivity index is 0.00000140. The lowest BCUT2D eigenvalue weighted by atomic mass is 9.92. The van der Waals surface area contributed by atoms with Crippen molar-refractivity contribution in [2.24, 2.45) is 10.7 Å². The molecule has 1 aliphatic heterocycles. The number of hydrogen-bond acceptors (Lipinski definition) is 13. The van der Waals surface area contributed by atoms with E-state index in [0.29, 0.717) is 44.8 Å². The van der Waals surface area contributed by atoms with Gasteiger partial charge in [0, 0.05) is 72.2 Å². The Morgan fingerprint density at radius 3 is 2.14 bits per heavy atom. The summed E-state index contributed by atoms with van der Waals surface area (Å²) < 4.78 is 19.3. The Morgan fingerprint density at radius 2 is 1.56 bits per heavy atom. The molecule has 18 nitrogen and oxygen atoms in total. The topological polar surface area (TPSA) is 243 Å². The molecule has 1 atom stereocenters. The lowest BCUT2D eigenvalue weighted by Crippen LogP contribution is -2.49. The maximum atomic E-state index is 13.0. The van der Waals surface area contributed by atoms with E-state index in [2.05, 4.69) is 66.0 Å². The highest BCUT2D eigenvalue weighted by Gasteiger charge is 2.24. The minimum absolute atomic E-state index is 0.152. The molecular formula is C46H70N8O10. The van der Waals surface area contributed by atoms with Gasteiger partial charge >= 0.3 is 12.2 Å². The first-order valence-corrected chi connectivity index (χ1v) is 21.1. The van der Waals surface area contributed by atoms with Crippen LogP contribution in [-0.4, -0.2) is 136 Å². The SMILES string of the molecule is CCCC(=O)N(CCC)Cc1nc2c(ccc3cc4c(cc32)OCc2cc(/C(N)=C/N=CCN(CCC)C(=O)[C@H](CC)NC(=O)OC)ccc2-4)[nH]1.CNC(=O)OC.CO.CO.COC. The van der Waals surface area contributed by atoms with E-state index in [9.17, 15) is 19.2 Å². The number of methoxy groups -OCH3 is 3. The molecule has 18 heteroatoms. The molecule has 0 unspecified atom stereocenters. The average molecular weight is 895 g/mol. The predicted molar refractivity (Wildman–Crippen MR) is 252 cm³/mol. The fourth-order valence-electron chi connectivity index (χ4n) is 6.48. The number of alkyl carbamates (subject to hydrolysis) is 2. The molecule has 0 spiro atoms. The number of imidazole rings is 1. The molecule has 1 aliphatic rings. The quantitative estimate of drug-likeness (QED) is 0.0757. The van der Waals surface area contributed by atoms with Gasteiger partial charge in [0.2, 0.25) is 11.8 Å². The van der Waals surface area contributed by atoms with E-state index in [1.807, 2.05) is 43.9 Å². The number of benzene rings is 3. The monoisotopic (exact) mass is 895 g/mol. The Bertz CT molecular complexity index is 2120. The van der Waals surface area contributed by atoms with Gasteiger partial charge in [0.25, 0.3) is 0 Å². The van der Waals surface area contributed by atoms with Crippen molar-refractivity contribution in [2.75, 3.05) is 69.3 Å². The zero-order valence-corrected chi connectivity index (χ0v) is 39.4. The lowest BCUT2D eigenvalue weighted by molar-refractivity contribution is -0.133. The summed E-state index contributed by atoms with van der Waals surface area (Å²) in [5, 5.41) is 20.9. The molecule has 0 saturated carbocycles. The van der Waals surface area contributed by atoms with E-state index in [-0.39, 0.29) is 18.4 Å². The summed E-state index contributed by atoms with van der Waals surface area (Å²) in [6.07, 6.45) is 5.62. The number of nitrogens with two attached hydrogens (primary N) is 1. The summed E-state index contributed by atoms with van der Waals surface area (Å²) in [7, 11) is 9.34. The highest BCUT2D eigenvalue weighted by Crippen LogP contribution is 2.42. The van der Waals surface area contributed by atoms with E-state index in [1.54, 1.807) is 31.5 Å². The molecule has 4 amide bonds. The van der Waals surface area contributed by atoms with E-state index in [4.69, 9.17) is 25.7 Å². The van der Waals surface area contributed by atoms with Crippen molar-refractivity contribution in [1.82, 2.24) is 30.4 Å². The smallest absolute Gasteiger partial charge is 0.407 e. The number of aromatic amines is 1. The van der Waals surface area contributed by atoms with Crippen LogP contribution >= 0.6 is 0 Å². The second-order valence-electron chi connectivity index (χ2n) is 13.9. The van der Waals surface area contributed by atoms with Crippen LogP contribution < -0.4 is 21.1 Å². The standard InChI is InChI=1S/C39H49N7O5.C3H7NO2.C2H6O.2CH4O/c1-6-10-36(47)46(17-8-3)23-35-42-33-14-12-25-20-30-28-13-11-26(19-27(28)24-51-34(30)21-29(25)37(33)44-35)31(40)22-41-15-18-45(16-7-2)38(48)32(9-4)43-39(49)50-5;1-4-3(5)6-2;1-3-2;2*1-2/h11-15,19-22,32H,6-10,16-18,23-24,40H2,1-5H3,(H,42,44)(H,43,49);1-2H3,(H,4,5);1-2H3;2*2H,1H3/b31-22-,41-15?;;;;/t32-;;;;/m0..../s1. The zero-order chi connectivity index (χ0) is 48.2. The number of aliphatic hydroxyl groups is 2. The first-order valence-electron chi connectivity index (χ1n) is 21.1. The number of aromatic nitrogens is 2. The molecule has 4 aromatic rings. The molecular weight excluding hydrogens is 825 g/mol. The van der Waals surface area contributed by atoms with Crippen LogP contribution in [0, 0.1) is 0 Å². The second kappa shape index (κ2) is 30.7. The summed E-state index contributed by atoms with van der Waals surface area (Å²) in [5.74, 6) is 1.52. The van der Waals surface area contributed by atoms with Gasteiger partial charge in [0.1, 0.15) is 24.2 Å². The number of carbonyl (C=O) groups is 4. The van der Waals surface area contributed by atoms with Crippen LogP contribution in [0.1, 0.15) is 76.8 Å². The molecule has 0 bridgehead atoms. The maximum absolute atomic E-state index is 13.0.